The maximum atomic E-state index is 7.53. The van der Waals surface area contributed by atoms with Gasteiger partial charge in [0.2, 0.25) is 5.96 Å². The van der Waals surface area contributed by atoms with Crippen LogP contribution in [-0.2, 0) is 0 Å². The molecule has 0 aliphatic carbocycles. The molecule has 0 saturated carbocycles. The third kappa shape index (κ3) is 3.78. The maximum absolute atomic E-state index is 7.53. The number of nitrogens with zero attached hydrogens (tertiary/aromatic N) is 2. The Morgan fingerprint density at radius 1 is 1.31 bits per heavy atom. The lowest BCUT2D eigenvalue weighted by atomic mass is 10.1. The molecule has 0 saturated heterocycles. The van der Waals surface area contributed by atoms with Crippen molar-refractivity contribution in [1.29, 1.82) is 5.41 Å². The lowest BCUT2D eigenvalue weighted by molar-refractivity contribution is 0.305. The zero-order valence-corrected chi connectivity index (χ0v) is 8.70. The number of nitrogens with one attached hydrogen (secondary N) is 1. The van der Waals surface area contributed by atoms with Crippen molar-refractivity contribution in [2.24, 2.45) is 22.4 Å². The Hall–Kier alpha value is -1.26. The molecule has 1 atom stereocenters. The fraction of sp³-hybridized carbons (Fsp3) is 0.750. The molecule has 0 heterocycles. The molecule has 0 aliphatic rings. The molecule has 0 bridgehead atoms. The van der Waals surface area contributed by atoms with Gasteiger partial charge in [0.1, 0.15) is 0 Å². The van der Waals surface area contributed by atoms with Crippen LogP contribution in [0.25, 0.3) is 0 Å². The Kier molecular flexibility index (Phi) is 4.23. The largest absolute Gasteiger partial charge is 0.370 e. The normalized spacial score (nSPS) is 12.4. The van der Waals surface area contributed by atoms with Gasteiger partial charge in [-0.3, -0.25) is 5.41 Å². The van der Waals surface area contributed by atoms with Gasteiger partial charge in [-0.2, -0.15) is 4.99 Å². The minimum atomic E-state index is -0.0761. The SMILES string of the molecule is CC(C)C(C)N(C)C(=N)N=C(N)N. The predicted molar refractivity (Wildman–Crippen MR) is 55.6 cm³/mol. The molecular formula is C8H19N5. The van der Waals surface area contributed by atoms with Crippen LogP contribution < -0.4 is 11.5 Å². The van der Waals surface area contributed by atoms with E-state index in [0.717, 1.165) is 0 Å². The van der Waals surface area contributed by atoms with Crippen molar-refractivity contribution in [3.8, 4) is 0 Å². The smallest absolute Gasteiger partial charge is 0.220 e. The Balaban J connectivity index is 4.34. The van der Waals surface area contributed by atoms with Crippen molar-refractivity contribution in [2.45, 2.75) is 26.8 Å². The number of aliphatic imine (C=N–C) groups is 1. The second-order valence-electron chi connectivity index (χ2n) is 3.46. The Morgan fingerprint density at radius 3 is 2.08 bits per heavy atom. The van der Waals surface area contributed by atoms with Crippen molar-refractivity contribution in [3.63, 3.8) is 0 Å². The quantitative estimate of drug-likeness (QED) is 0.423. The number of hydrogen-bond acceptors (Lipinski definition) is 1. The summed E-state index contributed by atoms with van der Waals surface area (Å²) in [6, 6.07) is 0.246. The van der Waals surface area contributed by atoms with Crippen LogP contribution in [0, 0.1) is 11.3 Å². The van der Waals surface area contributed by atoms with Crippen molar-refractivity contribution >= 4 is 11.9 Å². The lowest BCUT2D eigenvalue weighted by Gasteiger charge is -2.27. The predicted octanol–water partition coefficient (Wildman–Crippen LogP) is 0.171. The maximum Gasteiger partial charge on any atom is 0.220 e. The molecule has 1 unspecified atom stereocenters. The van der Waals surface area contributed by atoms with E-state index >= 15 is 0 Å². The number of guanidine groups is 2. The van der Waals surface area contributed by atoms with Crippen molar-refractivity contribution < 1.29 is 0 Å². The van der Waals surface area contributed by atoms with Crippen LogP contribution in [0.3, 0.4) is 0 Å². The van der Waals surface area contributed by atoms with Gasteiger partial charge in [-0.05, 0) is 12.8 Å². The highest BCUT2D eigenvalue weighted by molar-refractivity contribution is 5.91. The Labute approximate surface area is 79.3 Å². The highest BCUT2D eigenvalue weighted by Crippen LogP contribution is 2.08. The molecule has 0 aliphatic heterocycles. The van der Waals surface area contributed by atoms with E-state index in [0.29, 0.717) is 5.92 Å². The van der Waals surface area contributed by atoms with E-state index in [4.69, 9.17) is 16.9 Å². The van der Waals surface area contributed by atoms with E-state index in [-0.39, 0.29) is 18.0 Å². The third-order valence-electron chi connectivity index (χ3n) is 2.14. The van der Waals surface area contributed by atoms with Gasteiger partial charge in [-0.1, -0.05) is 13.8 Å². The van der Waals surface area contributed by atoms with Gasteiger partial charge >= 0.3 is 0 Å². The number of hydrogen-bond donors (Lipinski definition) is 3. The summed E-state index contributed by atoms with van der Waals surface area (Å²) in [4.78, 5) is 5.40. The zero-order valence-electron chi connectivity index (χ0n) is 8.70. The number of rotatable bonds is 2. The molecular weight excluding hydrogens is 166 g/mol. The lowest BCUT2D eigenvalue weighted by Crippen LogP contribution is -2.38. The summed E-state index contributed by atoms with van der Waals surface area (Å²) < 4.78 is 0. The summed E-state index contributed by atoms with van der Waals surface area (Å²) in [5, 5.41) is 7.53. The van der Waals surface area contributed by atoms with Crippen LogP contribution in [0.2, 0.25) is 0 Å². The van der Waals surface area contributed by atoms with Crippen LogP contribution in [0.15, 0.2) is 4.99 Å². The van der Waals surface area contributed by atoms with E-state index in [1.165, 1.54) is 0 Å². The van der Waals surface area contributed by atoms with Crippen molar-refractivity contribution in [3.05, 3.63) is 0 Å². The third-order valence-corrected chi connectivity index (χ3v) is 2.14. The summed E-state index contributed by atoms with van der Waals surface area (Å²) >= 11 is 0. The topological polar surface area (TPSA) is 91.5 Å². The summed E-state index contributed by atoms with van der Waals surface area (Å²) in [7, 11) is 1.80. The molecule has 0 fully saturated rings. The standard InChI is InChI=1S/C8H19N5/c1-5(2)6(3)13(4)8(11)12-7(9)10/h5-6H,1-4H3,(H5,9,10,11,12). The first-order chi connectivity index (χ1) is 5.86. The monoisotopic (exact) mass is 185 g/mol. The Bertz CT molecular complexity index is 205. The Morgan fingerprint density at radius 2 is 1.77 bits per heavy atom. The fourth-order valence-corrected chi connectivity index (χ4v) is 0.841. The van der Waals surface area contributed by atoms with E-state index in [1.807, 2.05) is 6.92 Å². The minimum Gasteiger partial charge on any atom is -0.370 e. The summed E-state index contributed by atoms with van der Waals surface area (Å²) in [6.07, 6.45) is 0. The van der Waals surface area contributed by atoms with Crippen LogP contribution in [0.4, 0.5) is 0 Å². The molecule has 5 nitrogen and oxygen atoms in total. The van der Waals surface area contributed by atoms with Gasteiger partial charge in [0.15, 0.2) is 5.96 Å². The van der Waals surface area contributed by atoms with Crippen molar-refractivity contribution in [1.82, 2.24) is 4.90 Å². The first-order valence-corrected chi connectivity index (χ1v) is 4.27. The van der Waals surface area contributed by atoms with Crippen LogP contribution in [0.5, 0.6) is 0 Å². The van der Waals surface area contributed by atoms with Gasteiger partial charge < -0.3 is 16.4 Å². The molecule has 5 N–H and O–H groups in total. The second kappa shape index (κ2) is 4.69. The summed E-state index contributed by atoms with van der Waals surface area (Å²) in [6.45, 7) is 6.20. The molecule has 13 heavy (non-hydrogen) atoms. The van der Waals surface area contributed by atoms with Gasteiger partial charge in [0.05, 0.1) is 0 Å². The van der Waals surface area contributed by atoms with Crippen LogP contribution >= 0.6 is 0 Å². The second-order valence-corrected chi connectivity index (χ2v) is 3.46. The fourth-order valence-electron chi connectivity index (χ4n) is 0.841. The molecule has 0 aromatic rings. The minimum absolute atomic E-state index is 0.0761. The summed E-state index contributed by atoms with van der Waals surface area (Å²) in [5.41, 5.74) is 10.3. The molecule has 0 spiro atoms. The van der Waals surface area contributed by atoms with Gasteiger partial charge in [-0.15, -0.1) is 0 Å². The van der Waals surface area contributed by atoms with Gasteiger partial charge in [0.25, 0.3) is 0 Å². The zero-order chi connectivity index (χ0) is 10.6. The molecule has 0 rings (SSSR count). The first-order valence-electron chi connectivity index (χ1n) is 4.27. The van der Waals surface area contributed by atoms with E-state index < -0.39 is 0 Å². The highest BCUT2D eigenvalue weighted by atomic mass is 15.3. The molecule has 0 aromatic carbocycles. The van der Waals surface area contributed by atoms with Gasteiger partial charge in [0, 0.05) is 13.1 Å². The molecule has 0 aromatic heterocycles. The first kappa shape index (κ1) is 11.7. The van der Waals surface area contributed by atoms with Crippen LogP contribution in [0.1, 0.15) is 20.8 Å². The highest BCUT2D eigenvalue weighted by Gasteiger charge is 2.15. The van der Waals surface area contributed by atoms with Crippen molar-refractivity contribution in [2.75, 3.05) is 7.05 Å². The summed E-state index contributed by atoms with van der Waals surface area (Å²) in [5.74, 6) is 0.480. The molecule has 0 radical (unpaired) electrons. The molecule has 76 valence electrons. The van der Waals surface area contributed by atoms with E-state index in [1.54, 1.807) is 11.9 Å². The molecule has 5 heteroatoms. The van der Waals surface area contributed by atoms with E-state index in [9.17, 15) is 0 Å². The average molecular weight is 185 g/mol. The van der Waals surface area contributed by atoms with Crippen LogP contribution in [-0.4, -0.2) is 29.9 Å². The molecule has 0 amide bonds. The average Bonchev–Trinajstić information content (AvgIpc) is 2.00. The number of nitrogens with two attached hydrogens (primary N) is 2. The van der Waals surface area contributed by atoms with E-state index in [2.05, 4.69) is 18.8 Å². The van der Waals surface area contributed by atoms with Gasteiger partial charge in [-0.25, -0.2) is 0 Å².